The number of benzene rings is 1. The first-order valence-corrected chi connectivity index (χ1v) is 9.27. The van der Waals surface area contributed by atoms with Crippen LogP contribution in [0, 0.1) is 0 Å². The summed E-state index contributed by atoms with van der Waals surface area (Å²) in [7, 11) is 0. The van der Waals surface area contributed by atoms with E-state index in [1.165, 1.54) is 0 Å². The van der Waals surface area contributed by atoms with E-state index < -0.39 is 23.8 Å². The fourth-order valence-corrected chi connectivity index (χ4v) is 3.98. The Morgan fingerprint density at radius 2 is 1.67 bits per heavy atom. The molecule has 0 aromatic heterocycles. The van der Waals surface area contributed by atoms with Crippen LogP contribution < -0.4 is 5.32 Å². The third-order valence-corrected chi connectivity index (χ3v) is 5.77. The summed E-state index contributed by atoms with van der Waals surface area (Å²) >= 11 is 0. The Bertz CT molecular complexity index is 864. The molecule has 2 saturated heterocycles. The van der Waals surface area contributed by atoms with E-state index in [-0.39, 0.29) is 24.3 Å². The molecule has 7 nitrogen and oxygen atoms in total. The largest absolute Gasteiger partial charge is 0.297 e. The van der Waals surface area contributed by atoms with Crippen LogP contribution in [0.4, 0.5) is 0 Å². The van der Waals surface area contributed by atoms with E-state index in [0.717, 1.165) is 23.6 Å². The fraction of sp³-hybridized carbons (Fsp3) is 0.500. The second kappa shape index (κ2) is 5.99. The molecule has 2 fully saturated rings. The Morgan fingerprint density at radius 1 is 1.00 bits per heavy atom. The molecule has 4 amide bonds. The molecule has 142 valence electrons. The molecule has 4 rings (SSSR count). The van der Waals surface area contributed by atoms with Crippen molar-refractivity contribution in [1.29, 1.82) is 0 Å². The van der Waals surface area contributed by atoms with Crippen LogP contribution in [-0.2, 0) is 9.59 Å². The molecule has 3 aliphatic heterocycles. The first kappa shape index (κ1) is 17.9. The van der Waals surface area contributed by atoms with Crippen molar-refractivity contribution in [3.63, 3.8) is 0 Å². The van der Waals surface area contributed by atoms with Crippen LogP contribution in [-0.4, -0.2) is 58.1 Å². The van der Waals surface area contributed by atoms with Gasteiger partial charge in [0.05, 0.1) is 11.1 Å². The minimum absolute atomic E-state index is 0.113. The number of imide groups is 2. The number of nitrogens with one attached hydrogen (secondary N) is 1. The lowest BCUT2D eigenvalue weighted by molar-refractivity contribution is -0.136. The zero-order valence-corrected chi connectivity index (χ0v) is 15.7. The minimum Gasteiger partial charge on any atom is -0.297 e. The molecule has 7 heteroatoms. The Labute approximate surface area is 157 Å². The van der Waals surface area contributed by atoms with E-state index in [4.69, 9.17) is 0 Å². The molecule has 0 bridgehead atoms. The number of rotatable bonds is 2. The molecular formula is C20H23N3O4. The van der Waals surface area contributed by atoms with Crippen LogP contribution in [0.1, 0.15) is 65.8 Å². The van der Waals surface area contributed by atoms with Gasteiger partial charge in [-0.2, -0.15) is 0 Å². The Hall–Kier alpha value is -2.54. The highest BCUT2D eigenvalue weighted by Crippen LogP contribution is 2.35. The van der Waals surface area contributed by atoms with E-state index >= 15 is 0 Å². The standard InChI is InChI=1S/C20H23N3O4/c1-20(2,3)22-9-12(10-22)11-4-5-13-14(8-11)19(27)23(18(13)26)15-6-7-16(24)21-17(15)25/h4-5,8,12,15H,6-7,9-10H2,1-3H3,(H,21,24,25)/t15-/m1/s1. The lowest BCUT2D eigenvalue weighted by atomic mass is 9.86. The molecule has 0 aliphatic carbocycles. The molecule has 0 spiro atoms. The quantitative estimate of drug-likeness (QED) is 0.794. The van der Waals surface area contributed by atoms with Gasteiger partial charge in [-0.25, -0.2) is 0 Å². The van der Waals surface area contributed by atoms with Crippen molar-refractivity contribution in [3.05, 3.63) is 34.9 Å². The van der Waals surface area contributed by atoms with Crippen LogP contribution in [0.5, 0.6) is 0 Å². The van der Waals surface area contributed by atoms with E-state index in [1.54, 1.807) is 12.1 Å². The van der Waals surface area contributed by atoms with Gasteiger partial charge in [0.25, 0.3) is 11.8 Å². The number of piperidine rings is 1. The third-order valence-electron chi connectivity index (χ3n) is 5.77. The molecule has 1 atom stereocenters. The molecule has 1 aromatic carbocycles. The number of carbonyl (C=O) groups excluding carboxylic acids is 4. The Morgan fingerprint density at radius 3 is 2.30 bits per heavy atom. The summed E-state index contributed by atoms with van der Waals surface area (Å²) in [6, 6.07) is 4.48. The first-order chi connectivity index (χ1) is 12.7. The highest BCUT2D eigenvalue weighted by atomic mass is 16.2. The molecule has 1 aromatic rings. The SMILES string of the molecule is CC(C)(C)N1CC(c2ccc3c(c2)C(=O)N([C@@H]2CCC(=O)NC2=O)C3=O)C1. The second-order valence-electron chi connectivity index (χ2n) is 8.52. The average molecular weight is 369 g/mol. The van der Waals surface area contributed by atoms with E-state index in [9.17, 15) is 19.2 Å². The predicted octanol–water partition coefficient (Wildman–Crippen LogP) is 1.29. The van der Waals surface area contributed by atoms with Crippen LogP contribution in [0.2, 0.25) is 0 Å². The summed E-state index contributed by atoms with van der Waals surface area (Å²) in [4.78, 5) is 52.4. The van der Waals surface area contributed by atoms with E-state index in [1.807, 2.05) is 6.07 Å². The summed E-state index contributed by atoms with van der Waals surface area (Å²) in [5, 5.41) is 2.21. The highest BCUT2D eigenvalue weighted by molar-refractivity contribution is 6.23. The van der Waals surface area contributed by atoms with Crippen molar-refractivity contribution in [2.45, 2.75) is 51.1 Å². The molecule has 0 saturated carbocycles. The lowest BCUT2D eigenvalue weighted by Gasteiger charge is -2.48. The van der Waals surface area contributed by atoms with Crippen molar-refractivity contribution < 1.29 is 19.2 Å². The van der Waals surface area contributed by atoms with Gasteiger partial charge in [0.2, 0.25) is 11.8 Å². The first-order valence-electron chi connectivity index (χ1n) is 9.27. The molecule has 0 unspecified atom stereocenters. The summed E-state index contributed by atoms with van der Waals surface area (Å²) in [6.07, 6.45) is 0.298. The van der Waals surface area contributed by atoms with Crippen molar-refractivity contribution >= 4 is 23.6 Å². The number of nitrogens with zero attached hydrogens (tertiary/aromatic N) is 2. The van der Waals surface area contributed by atoms with Crippen molar-refractivity contribution in [3.8, 4) is 0 Å². The molecule has 1 N–H and O–H groups in total. The van der Waals surface area contributed by atoms with Crippen LogP contribution >= 0.6 is 0 Å². The van der Waals surface area contributed by atoms with Gasteiger partial charge < -0.3 is 0 Å². The minimum atomic E-state index is -0.918. The van der Waals surface area contributed by atoms with Gasteiger partial charge in [-0.05, 0) is 44.9 Å². The van der Waals surface area contributed by atoms with Gasteiger partial charge in [0, 0.05) is 31.0 Å². The van der Waals surface area contributed by atoms with Crippen molar-refractivity contribution in [1.82, 2.24) is 15.1 Å². The van der Waals surface area contributed by atoms with Crippen LogP contribution in [0.3, 0.4) is 0 Å². The smallest absolute Gasteiger partial charge is 0.262 e. The third kappa shape index (κ3) is 2.86. The summed E-state index contributed by atoms with van der Waals surface area (Å²) in [5.74, 6) is -1.52. The number of hydrogen-bond acceptors (Lipinski definition) is 5. The monoisotopic (exact) mass is 369 g/mol. The van der Waals surface area contributed by atoms with Gasteiger partial charge in [-0.15, -0.1) is 0 Å². The lowest BCUT2D eigenvalue weighted by Crippen LogP contribution is -2.54. The summed E-state index contributed by atoms with van der Waals surface area (Å²) in [6.45, 7) is 8.35. The van der Waals surface area contributed by atoms with Crippen molar-refractivity contribution in [2.24, 2.45) is 0 Å². The molecule has 3 aliphatic rings. The van der Waals surface area contributed by atoms with Crippen LogP contribution in [0.25, 0.3) is 0 Å². The molecule has 0 radical (unpaired) electrons. The topological polar surface area (TPSA) is 86.8 Å². The van der Waals surface area contributed by atoms with Gasteiger partial charge in [0.1, 0.15) is 6.04 Å². The number of fused-ring (bicyclic) bond motifs is 1. The van der Waals surface area contributed by atoms with E-state index in [0.29, 0.717) is 17.0 Å². The Kier molecular flexibility index (Phi) is 3.96. The van der Waals surface area contributed by atoms with Crippen LogP contribution in [0.15, 0.2) is 18.2 Å². The van der Waals surface area contributed by atoms with Gasteiger partial charge in [-0.3, -0.25) is 34.3 Å². The number of likely N-dealkylation sites (tertiary alicyclic amines) is 1. The van der Waals surface area contributed by atoms with E-state index in [2.05, 4.69) is 31.0 Å². The predicted molar refractivity (Wildman–Crippen MR) is 97.2 cm³/mol. The maximum atomic E-state index is 12.9. The molecule has 27 heavy (non-hydrogen) atoms. The van der Waals surface area contributed by atoms with Gasteiger partial charge in [-0.1, -0.05) is 6.07 Å². The average Bonchev–Trinajstić information content (AvgIpc) is 2.77. The highest BCUT2D eigenvalue weighted by Gasteiger charge is 2.45. The zero-order chi connectivity index (χ0) is 19.5. The summed E-state index contributed by atoms with van der Waals surface area (Å²) in [5.41, 5.74) is 1.85. The van der Waals surface area contributed by atoms with Gasteiger partial charge in [0.15, 0.2) is 0 Å². The molecular weight excluding hydrogens is 346 g/mol. The second-order valence-corrected chi connectivity index (χ2v) is 8.52. The summed E-state index contributed by atoms with van der Waals surface area (Å²) < 4.78 is 0. The normalized spacial score (nSPS) is 24.1. The Balaban J connectivity index is 1.56. The number of hydrogen-bond donors (Lipinski definition) is 1. The van der Waals surface area contributed by atoms with Crippen molar-refractivity contribution in [2.75, 3.05) is 13.1 Å². The zero-order valence-electron chi connectivity index (χ0n) is 15.7. The maximum Gasteiger partial charge on any atom is 0.262 e. The fourth-order valence-electron chi connectivity index (χ4n) is 3.98. The van der Waals surface area contributed by atoms with Gasteiger partial charge >= 0.3 is 0 Å². The molecule has 3 heterocycles. The number of amides is 4. The number of carbonyl (C=O) groups is 4. The maximum absolute atomic E-state index is 12.9.